The molecule has 0 radical (unpaired) electrons. The zero-order valence-corrected chi connectivity index (χ0v) is 11.0. The molecule has 0 spiro atoms. The quantitative estimate of drug-likeness (QED) is 0.362. The van der Waals surface area contributed by atoms with Gasteiger partial charge in [0.05, 0.1) is 18.8 Å². The van der Waals surface area contributed by atoms with Crippen LogP contribution >= 0.6 is 11.6 Å². The minimum absolute atomic E-state index is 0.0514. The lowest BCUT2D eigenvalue weighted by Gasteiger charge is -2.09. The second-order valence-corrected chi connectivity index (χ2v) is 3.90. The van der Waals surface area contributed by atoms with Gasteiger partial charge in [0.15, 0.2) is 11.6 Å². The highest BCUT2D eigenvalue weighted by molar-refractivity contribution is 6.41. The smallest absolute Gasteiger partial charge is 0.379 e. The predicted octanol–water partition coefficient (Wildman–Crippen LogP) is 2.51. The highest BCUT2D eigenvalue weighted by atomic mass is 35.5. The van der Waals surface area contributed by atoms with Gasteiger partial charge in [-0.1, -0.05) is 11.6 Å². The summed E-state index contributed by atoms with van der Waals surface area (Å²) in [5, 5.41) is -0.201. The molecular formula is C12H11ClF2O4. The van der Waals surface area contributed by atoms with Crippen LogP contribution in [0.25, 0.3) is 0 Å². The van der Waals surface area contributed by atoms with Crippen molar-refractivity contribution >= 4 is 23.4 Å². The van der Waals surface area contributed by atoms with Gasteiger partial charge in [0, 0.05) is 17.7 Å². The van der Waals surface area contributed by atoms with E-state index in [2.05, 4.69) is 9.47 Å². The summed E-state index contributed by atoms with van der Waals surface area (Å²) in [7, 11) is 1.28. The van der Waals surface area contributed by atoms with Crippen molar-refractivity contribution in [1.82, 2.24) is 0 Å². The maximum atomic E-state index is 13.7. The molecule has 0 unspecified atom stereocenters. The maximum absolute atomic E-state index is 13.7. The molecular weight excluding hydrogens is 282 g/mol. The molecule has 0 saturated carbocycles. The van der Waals surface area contributed by atoms with E-state index in [1.807, 2.05) is 0 Å². The van der Waals surface area contributed by atoms with Crippen LogP contribution in [0.1, 0.15) is 22.8 Å². The molecule has 1 rings (SSSR count). The third-order valence-electron chi connectivity index (χ3n) is 2.25. The van der Waals surface area contributed by atoms with Crippen LogP contribution in [-0.4, -0.2) is 25.5 Å². The van der Waals surface area contributed by atoms with Gasteiger partial charge in [0.25, 0.3) is 5.78 Å². The van der Waals surface area contributed by atoms with Crippen LogP contribution in [0.2, 0.25) is 5.02 Å². The molecule has 0 fully saturated rings. The number of carbonyl (C=O) groups excluding carboxylic acids is 2. The molecule has 0 aliphatic heterocycles. The van der Waals surface area contributed by atoms with E-state index in [1.165, 1.54) is 14.0 Å². The van der Waals surface area contributed by atoms with Crippen molar-refractivity contribution in [2.24, 2.45) is 0 Å². The Bertz CT molecular complexity index is 517. The minimum atomic E-state index is -1.45. The second kappa shape index (κ2) is 6.58. The molecule has 0 bridgehead atoms. The van der Waals surface area contributed by atoms with Crippen molar-refractivity contribution in [3.05, 3.63) is 33.9 Å². The van der Waals surface area contributed by atoms with Crippen molar-refractivity contribution in [2.45, 2.75) is 13.5 Å². The van der Waals surface area contributed by atoms with Crippen LogP contribution in [-0.2, 0) is 20.9 Å². The topological polar surface area (TPSA) is 52.6 Å². The molecule has 4 nitrogen and oxygen atoms in total. The van der Waals surface area contributed by atoms with Crippen molar-refractivity contribution in [1.29, 1.82) is 0 Å². The highest BCUT2D eigenvalue weighted by Gasteiger charge is 2.26. The van der Waals surface area contributed by atoms with Crippen molar-refractivity contribution in [2.75, 3.05) is 13.7 Å². The summed E-state index contributed by atoms with van der Waals surface area (Å²) in [6, 6.07) is 0.883. The zero-order valence-electron chi connectivity index (χ0n) is 10.3. The Morgan fingerprint density at radius 3 is 2.47 bits per heavy atom. The number of Topliss-reactive ketones (excluding diaryl/α,β-unsaturated/α-hetero) is 1. The van der Waals surface area contributed by atoms with Gasteiger partial charge in [-0.25, -0.2) is 13.6 Å². The fourth-order valence-electron chi connectivity index (χ4n) is 1.38. The van der Waals surface area contributed by atoms with E-state index in [1.54, 1.807) is 0 Å². The van der Waals surface area contributed by atoms with Crippen LogP contribution in [0.3, 0.4) is 0 Å². The molecule has 0 heterocycles. The Balaban J connectivity index is 3.24. The summed E-state index contributed by atoms with van der Waals surface area (Å²) in [4.78, 5) is 22.8. The van der Waals surface area contributed by atoms with Gasteiger partial charge in [0.2, 0.25) is 0 Å². The number of ether oxygens (including phenoxy) is 2. The molecule has 104 valence electrons. The zero-order chi connectivity index (χ0) is 14.6. The average molecular weight is 293 g/mol. The monoisotopic (exact) mass is 292 g/mol. The summed E-state index contributed by atoms with van der Waals surface area (Å²) >= 11 is 5.72. The number of methoxy groups -OCH3 is 1. The fraction of sp³-hybridized carbons (Fsp3) is 0.333. The first-order chi connectivity index (χ1) is 8.93. The molecule has 0 saturated heterocycles. The molecule has 0 amide bonds. The number of benzene rings is 1. The van der Waals surface area contributed by atoms with Crippen molar-refractivity contribution < 1.29 is 27.8 Å². The summed E-state index contributed by atoms with van der Waals surface area (Å²) in [5.41, 5.74) is -0.983. The van der Waals surface area contributed by atoms with E-state index in [4.69, 9.17) is 11.6 Å². The molecule has 0 N–H and O–H groups in total. The van der Waals surface area contributed by atoms with Crippen LogP contribution in [0.15, 0.2) is 6.07 Å². The predicted molar refractivity (Wildman–Crippen MR) is 63.0 cm³/mol. The van der Waals surface area contributed by atoms with E-state index in [0.29, 0.717) is 0 Å². The van der Waals surface area contributed by atoms with Gasteiger partial charge in [-0.3, -0.25) is 4.79 Å². The summed E-state index contributed by atoms with van der Waals surface area (Å²) in [6.45, 7) is 1.18. The van der Waals surface area contributed by atoms with E-state index in [0.717, 1.165) is 6.07 Å². The Labute approximate surface area is 113 Å². The van der Waals surface area contributed by atoms with E-state index in [-0.39, 0.29) is 23.8 Å². The molecule has 7 heteroatoms. The largest absolute Gasteiger partial charge is 0.460 e. The first kappa shape index (κ1) is 15.5. The van der Waals surface area contributed by atoms with Crippen LogP contribution < -0.4 is 0 Å². The summed E-state index contributed by atoms with van der Waals surface area (Å²) in [6.07, 6.45) is 0. The van der Waals surface area contributed by atoms with Crippen molar-refractivity contribution in [3.63, 3.8) is 0 Å². The molecule has 19 heavy (non-hydrogen) atoms. The van der Waals surface area contributed by atoms with E-state index in [9.17, 15) is 18.4 Å². The number of rotatable bonds is 5. The molecule has 0 aliphatic rings. The molecule has 1 aromatic carbocycles. The van der Waals surface area contributed by atoms with E-state index >= 15 is 0 Å². The number of hydrogen-bond acceptors (Lipinski definition) is 4. The minimum Gasteiger partial charge on any atom is -0.460 e. The van der Waals surface area contributed by atoms with Gasteiger partial charge in [0.1, 0.15) is 0 Å². The van der Waals surface area contributed by atoms with Gasteiger partial charge in [-0.05, 0) is 13.0 Å². The Morgan fingerprint density at radius 2 is 1.95 bits per heavy atom. The molecule has 1 aromatic rings. The fourth-order valence-corrected chi connectivity index (χ4v) is 1.63. The van der Waals surface area contributed by atoms with Gasteiger partial charge >= 0.3 is 5.97 Å². The average Bonchev–Trinajstić information content (AvgIpc) is 2.38. The third kappa shape index (κ3) is 3.27. The van der Waals surface area contributed by atoms with Gasteiger partial charge in [-0.15, -0.1) is 0 Å². The number of hydrogen-bond donors (Lipinski definition) is 0. The lowest BCUT2D eigenvalue weighted by molar-refractivity contribution is -0.137. The van der Waals surface area contributed by atoms with Gasteiger partial charge in [-0.2, -0.15) is 0 Å². The van der Waals surface area contributed by atoms with Crippen LogP contribution in [0, 0.1) is 11.6 Å². The highest BCUT2D eigenvalue weighted by Crippen LogP contribution is 2.26. The molecule has 0 aromatic heterocycles. The Morgan fingerprint density at radius 1 is 1.32 bits per heavy atom. The first-order valence-electron chi connectivity index (χ1n) is 5.30. The number of esters is 1. The van der Waals surface area contributed by atoms with Crippen LogP contribution in [0.5, 0.6) is 0 Å². The maximum Gasteiger partial charge on any atom is 0.379 e. The normalized spacial score (nSPS) is 10.4. The Kier molecular flexibility index (Phi) is 5.38. The summed E-state index contributed by atoms with van der Waals surface area (Å²) in [5.74, 6) is -5.32. The third-order valence-corrected chi connectivity index (χ3v) is 2.58. The lowest BCUT2D eigenvalue weighted by Crippen LogP contribution is -2.20. The SMILES string of the molecule is CCOC(=O)C(=O)c1cc(Cl)c(COC)c(F)c1F. The second-order valence-electron chi connectivity index (χ2n) is 3.50. The lowest BCUT2D eigenvalue weighted by atomic mass is 10.1. The molecule has 0 aliphatic carbocycles. The Hall–Kier alpha value is -1.53. The molecule has 0 atom stereocenters. The van der Waals surface area contributed by atoms with Gasteiger partial charge < -0.3 is 9.47 Å². The standard InChI is InChI=1S/C12H11ClF2O4/c1-3-19-12(17)11(16)6-4-8(13)7(5-18-2)10(15)9(6)14/h4H,3,5H2,1-2H3. The number of halogens is 3. The first-order valence-corrected chi connectivity index (χ1v) is 5.68. The van der Waals surface area contributed by atoms with E-state index < -0.39 is 29.0 Å². The number of carbonyl (C=O) groups is 2. The number of ketones is 1. The van der Waals surface area contributed by atoms with Crippen molar-refractivity contribution in [3.8, 4) is 0 Å². The van der Waals surface area contributed by atoms with Crippen LogP contribution in [0.4, 0.5) is 8.78 Å². The summed E-state index contributed by atoms with van der Waals surface area (Å²) < 4.78 is 36.5.